The third-order valence-electron chi connectivity index (χ3n) is 5.49. The molecule has 0 aliphatic heterocycles. The molecule has 0 aliphatic carbocycles. The lowest BCUT2D eigenvalue weighted by atomic mass is 10.1. The molecule has 0 bridgehead atoms. The first kappa shape index (κ1) is 28.0. The first-order valence-corrected chi connectivity index (χ1v) is 13.6. The first-order chi connectivity index (χ1) is 18.3. The maximum absolute atomic E-state index is 11.6. The number of hydrogen-bond acceptors (Lipinski definition) is 7. The van der Waals surface area contributed by atoms with Crippen LogP contribution in [0.5, 0.6) is 11.5 Å². The lowest BCUT2D eigenvalue weighted by molar-refractivity contribution is -0.479. The average Bonchev–Trinajstić information content (AvgIpc) is 3.24. The summed E-state index contributed by atoms with van der Waals surface area (Å²) >= 11 is 20.5. The van der Waals surface area contributed by atoms with E-state index in [2.05, 4.69) is 10.2 Å². The van der Waals surface area contributed by atoms with Crippen LogP contribution in [0.15, 0.2) is 65.8 Å². The summed E-state index contributed by atoms with van der Waals surface area (Å²) in [5, 5.41) is 20.9. The van der Waals surface area contributed by atoms with Crippen LogP contribution in [0.3, 0.4) is 0 Å². The fourth-order valence-electron chi connectivity index (χ4n) is 3.72. The molecule has 0 amide bonds. The number of hydrogen-bond donors (Lipinski definition) is 0. The minimum absolute atomic E-state index is 0.163. The maximum atomic E-state index is 11.6. The van der Waals surface area contributed by atoms with E-state index in [-0.39, 0.29) is 33.9 Å². The van der Waals surface area contributed by atoms with Gasteiger partial charge in [-0.2, -0.15) is 0 Å². The van der Waals surface area contributed by atoms with Gasteiger partial charge in [0.2, 0.25) is 6.54 Å². The standard InChI is InChI=1S/C26H23Cl3N4O4S/c1-3-36-20-10-8-19(9-11-20)33-16(2)30-31-26(33)38-24(14-32(34)35)18-12-22(28)25(23(29)13-18)37-15-17-6-4-5-7-21(17)27/h4-13,24H,3,14-15H2,1-2H3/t24-/m0/s1. The van der Waals surface area contributed by atoms with Gasteiger partial charge in [-0.1, -0.05) is 64.8 Å². The average molecular weight is 594 g/mol. The molecular formula is C26H23Cl3N4O4S. The van der Waals surface area contributed by atoms with Crippen molar-refractivity contribution in [3.05, 3.63) is 103 Å². The Hall–Kier alpha value is -2.98. The Morgan fingerprint density at radius 2 is 1.68 bits per heavy atom. The Kier molecular flexibility index (Phi) is 9.38. The van der Waals surface area contributed by atoms with Gasteiger partial charge in [0, 0.05) is 21.2 Å². The normalized spacial score (nSPS) is 11.8. The van der Waals surface area contributed by atoms with Crippen molar-refractivity contribution < 1.29 is 14.4 Å². The van der Waals surface area contributed by atoms with Gasteiger partial charge in [0.15, 0.2) is 10.9 Å². The second-order valence-electron chi connectivity index (χ2n) is 8.11. The first-order valence-electron chi connectivity index (χ1n) is 11.6. The van der Waals surface area contributed by atoms with Gasteiger partial charge in [0.1, 0.15) is 23.4 Å². The number of ether oxygens (including phenoxy) is 2. The molecule has 4 aromatic rings. The highest BCUT2D eigenvalue weighted by atomic mass is 35.5. The van der Waals surface area contributed by atoms with E-state index in [4.69, 9.17) is 44.3 Å². The number of nitro groups is 1. The third-order valence-corrected chi connectivity index (χ3v) is 7.60. The molecule has 3 aromatic carbocycles. The number of thioether (sulfide) groups is 1. The summed E-state index contributed by atoms with van der Waals surface area (Å²) in [6, 6.07) is 18.0. The third kappa shape index (κ3) is 6.71. The summed E-state index contributed by atoms with van der Waals surface area (Å²) in [5.41, 5.74) is 2.14. The number of aromatic nitrogens is 3. The van der Waals surface area contributed by atoms with Crippen molar-refractivity contribution in [2.24, 2.45) is 0 Å². The molecule has 198 valence electrons. The quantitative estimate of drug-likeness (QED) is 0.100. The van der Waals surface area contributed by atoms with E-state index in [1.165, 1.54) is 11.8 Å². The molecule has 0 radical (unpaired) electrons. The fourth-order valence-corrected chi connectivity index (χ4v) is 5.67. The van der Waals surface area contributed by atoms with E-state index in [0.29, 0.717) is 28.2 Å². The second kappa shape index (κ2) is 12.7. The number of halogens is 3. The fraction of sp³-hybridized carbons (Fsp3) is 0.231. The Morgan fingerprint density at radius 3 is 2.32 bits per heavy atom. The summed E-state index contributed by atoms with van der Waals surface area (Å²) in [5.74, 6) is 1.65. The summed E-state index contributed by atoms with van der Waals surface area (Å²) < 4.78 is 13.2. The number of rotatable bonds is 11. The SMILES string of the molecule is CCOc1ccc(-n2c(C)nnc2S[C@@H](C[N+](=O)[O-])c2cc(Cl)c(OCc3ccccc3Cl)c(Cl)c2)cc1. The molecule has 4 rings (SSSR count). The van der Waals surface area contributed by atoms with Crippen molar-refractivity contribution in [3.63, 3.8) is 0 Å². The molecule has 0 saturated carbocycles. The zero-order chi connectivity index (χ0) is 27.2. The van der Waals surface area contributed by atoms with E-state index < -0.39 is 5.25 Å². The highest BCUT2D eigenvalue weighted by Gasteiger charge is 2.26. The Labute approximate surface area is 239 Å². The minimum Gasteiger partial charge on any atom is -0.494 e. The van der Waals surface area contributed by atoms with Gasteiger partial charge in [-0.15, -0.1) is 10.2 Å². The predicted octanol–water partition coefficient (Wildman–Crippen LogP) is 7.62. The molecule has 0 spiro atoms. The zero-order valence-electron chi connectivity index (χ0n) is 20.4. The highest BCUT2D eigenvalue weighted by Crippen LogP contribution is 2.42. The van der Waals surface area contributed by atoms with Gasteiger partial charge in [0.25, 0.3) is 0 Å². The lowest BCUT2D eigenvalue weighted by Gasteiger charge is -2.17. The van der Waals surface area contributed by atoms with E-state index in [1.807, 2.05) is 60.9 Å². The second-order valence-corrected chi connectivity index (χ2v) is 10.5. The molecular weight excluding hydrogens is 571 g/mol. The molecule has 8 nitrogen and oxygen atoms in total. The maximum Gasteiger partial charge on any atom is 0.220 e. The molecule has 38 heavy (non-hydrogen) atoms. The molecule has 0 saturated heterocycles. The van der Waals surface area contributed by atoms with Crippen molar-refractivity contribution in [1.29, 1.82) is 0 Å². The summed E-state index contributed by atoms with van der Waals surface area (Å²) in [6.07, 6.45) is 0. The summed E-state index contributed by atoms with van der Waals surface area (Å²) in [6.45, 7) is 4.07. The van der Waals surface area contributed by atoms with Gasteiger partial charge >= 0.3 is 0 Å². The van der Waals surface area contributed by atoms with Gasteiger partial charge < -0.3 is 9.47 Å². The smallest absolute Gasteiger partial charge is 0.220 e. The van der Waals surface area contributed by atoms with Gasteiger partial charge in [-0.25, -0.2) is 0 Å². The Balaban J connectivity index is 1.61. The summed E-state index contributed by atoms with van der Waals surface area (Å²) in [4.78, 5) is 11.2. The zero-order valence-corrected chi connectivity index (χ0v) is 23.5. The molecule has 1 atom stereocenters. The number of aryl methyl sites for hydroxylation is 1. The molecule has 1 heterocycles. The molecule has 0 aliphatic rings. The highest BCUT2D eigenvalue weighted by molar-refractivity contribution is 7.99. The number of benzene rings is 3. The van der Waals surface area contributed by atoms with Gasteiger partial charge in [-0.05, 0) is 61.9 Å². The van der Waals surface area contributed by atoms with E-state index in [0.717, 1.165) is 17.0 Å². The van der Waals surface area contributed by atoms with Crippen molar-refractivity contribution in [1.82, 2.24) is 14.8 Å². The van der Waals surface area contributed by atoms with Crippen LogP contribution in [0.25, 0.3) is 5.69 Å². The molecule has 0 unspecified atom stereocenters. The van der Waals surface area contributed by atoms with E-state index in [9.17, 15) is 10.1 Å². The van der Waals surface area contributed by atoms with Crippen molar-refractivity contribution in [2.75, 3.05) is 13.2 Å². The van der Waals surface area contributed by atoms with Crippen molar-refractivity contribution in [3.8, 4) is 17.2 Å². The minimum atomic E-state index is -0.650. The van der Waals surface area contributed by atoms with Crippen LogP contribution < -0.4 is 9.47 Å². The van der Waals surface area contributed by atoms with Crippen LogP contribution in [-0.2, 0) is 6.61 Å². The molecule has 0 fully saturated rings. The van der Waals surface area contributed by atoms with Crippen LogP contribution in [0.2, 0.25) is 15.1 Å². The number of nitrogens with zero attached hydrogens (tertiary/aromatic N) is 4. The van der Waals surface area contributed by atoms with Crippen molar-refractivity contribution in [2.45, 2.75) is 30.9 Å². The largest absolute Gasteiger partial charge is 0.494 e. The van der Waals surface area contributed by atoms with Crippen LogP contribution in [0.1, 0.15) is 29.1 Å². The van der Waals surface area contributed by atoms with Crippen LogP contribution >= 0.6 is 46.6 Å². The Bertz CT molecular complexity index is 1410. The Morgan fingerprint density at radius 1 is 1.00 bits per heavy atom. The predicted molar refractivity (Wildman–Crippen MR) is 150 cm³/mol. The molecule has 12 heteroatoms. The lowest BCUT2D eigenvalue weighted by Crippen LogP contribution is -2.11. The van der Waals surface area contributed by atoms with Crippen molar-refractivity contribution >= 4 is 46.6 Å². The van der Waals surface area contributed by atoms with Crippen LogP contribution in [0, 0.1) is 17.0 Å². The molecule has 1 aromatic heterocycles. The summed E-state index contributed by atoms with van der Waals surface area (Å²) in [7, 11) is 0. The van der Waals surface area contributed by atoms with Crippen LogP contribution in [-0.4, -0.2) is 32.8 Å². The van der Waals surface area contributed by atoms with Crippen LogP contribution in [0.4, 0.5) is 0 Å². The van der Waals surface area contributed by atoms with E-state index in [1.54, 1.807) is 18.2 Å². The van der Waals surface area contributed by atoms with Gasteiger partial charge in [0.05, 0.1) is 16.7 Å². The topological polar surface area (TPSA) is 92.3 Å². The van der Waals surface area contributed by atoms with E-state index >= 15 is 0 Å². The molecule has 0 N–H and O–H groups in total. The van der Waals surface area contributed by atoms with Gasteiger partial charge in [-0.3, -0.25) is 14.7 Å². The monoisotopic (exact) mass is 592 g/mol.